The van der Waals surface area contributed by atoms with Gasteiger partial charge in [0.2, 0.25) is 5.88 Å². The molecule has 0 fully saturated rings. The largest absolute Gasteiger partial charge is 0.477 e. The van der Waals surface area contributed by atoms with E-state index >= 15 is 0 Å². The van der Waals surface area contributed by atoms with E-state index in [-0.39, 0.29) is 5.91 Å². The second-order valence-corrected chi connectivity index (χ2v) is 4.62. The summed E-state index contributed by atoms with van der Waals surface area (Å²) in [6.07, 6.45) is 2.53. The predicted octanol–water partition coefficient (Wildman–Crippen LogP) is 2.68. The summed E-state index contributed by atoms with van der Waals surface area (Å²) in [6, 6.07) is 11.5. The van der Waals surface area contributed by atoms with Gasteiger partial charge in [-0.25, -0.2) is 4.98 Å². The molecule has 2 heterocycles. The Bertz CT molecular complexity index is 640. The van der Waals surface area contributed by atoms with Crippen LogP contribution in [0.25, 0.3) is 0 Å². The van der Waals surface area contributed by atoms with Gasteiger partial charge in [0.25, 0.3) is 5.91 Å². The van der Waals surface area contributed by atoms with E-state index in [0.29, 0.717) is 24.6 Å². The number of nitrogens with zero attached hydrogens (tertiary/aromatic N) is 2. The Hall–Kier alpha value is -2.36. The molecule has 1 aliphatic rings. The molecule has 102 valence electrons. The monoisotopic (exact) mass is 268 g/mol. The molecule has 0 bridgehead atoms. The number of benzene rings is 1. The van der Waals surface area contributed by atoms with Crippen LogP contribution in [0.5, 0.6) is 5.88 Å². The van der Waals surface area contributed by atoms with Gasteiger partial charge in [-0.15, -0.1) is 0 Å². The fourth-order valence-electron chi connectivity index (χ4n) is 2.50. The zero-order chi connectivity index (χ0) is 13.9. The van der Waals surface area contributed by atoms with E-state index in [1.807, 2.05) is 25.1 Å². The number of carbonyl (C=O) groups excluding carboxylic acids is 1. The number of aromatic nitrogens is 1. The fourth-order valence-corrected chi connectivity index (χ4v) is 2.50. The van der Waals surface area contributed by atoms with Crippen LogP contribution >= 0.6 is 0 Å². The Balaban J connectivity index is 1.95. The van der Waals surface area contributed by atoms with Gasteiger partial charge in [-0.2, -0.15) is 0 Å². The first kappa shape index (κ1) is 12.7. The Labute approximate surface area is 118 Å². The molecule has 3 rings (SSSR count). The second-order valence-electron chi connectivity index (χ2n) is 4.62. The van der Waals surface area contributed by atoms with Crippen molar-refractivity contribution in [3.05, 3.63) is 53.7 Å². The highest BCUT2D eigenvalue weighted by atomic mass is 16.5. The molecule has 0 spiro atoms. The van der Waals surface area contributed by atoms with Crippen LogP contribution < -0.4 is 9.64 Å². The van der Waals surface area contributed by atoms with Gasteiger partial charge in [-0.3, -0.25) is 4.79 Å². The van der Waals surface area contributed by atoms with Gasteiger partial charge in [-0.1, -0.05) is 18.2 Å². The van der Waals surface area contributed by atoms with Gasteiger partial charge in [0.1, 0.15) is 5.56 Å². The molecule has 20 heavy (non-hydrogen) atoms. The Morgan fingerprint density at radius 2 is 2.15 bits per heavy atom. The number of ether oxygens (including phenoxy) is 1. The summed E-state index contributed by atoms with van der Waals surface area (Å²) in [5.74, 6) is 0.357. The fraction of sp³-hybridized carbons (Fsp3) is 0.250. The van der Waals surface area contributed by atoms with Crippen LogP contribution in [-0.2, 0) is 6.42 Å². The standard InChI is InChI=1S/C16H16N2O2/c1-2-20-15-13(7-5-10-17-15)16(19)18-11-9-12-6-3-4-8-14(12)18/h3-8,10H,2,9,11H2,1H3. The third-order valence-corrected chi connectivity index (χ3v) is 3.41. The van der Waals surface area contributed by atoms with Crippen LogP contribution in [0.2, 0.25) is 0 Å². The molecule has 0 radical (unpaired) electrons. The number of hydrogen-bond acceptors (Lipinski definition) is 3. The van der Waals surface area contributed by atoms with E-state index in [1.165, 1.54) is 5.56 Å². The molecule has 1 aromatic heterocycles. The van der Waals surface area contributed by atoms with Crippen LogP contribution in [0.1, 0.15) is 22.8 Å². The van der Waals surface area contributed by atoms with Gasteiger partial charge in [0.05, 0.1) is 6.61 Å². The molecule has 0 saturated heterocycles. The maximum atomic E-state index is 12.7. The lowest BCUT2D eigenvalue weighted by atomic mass is 10.2. The topological polar surface area (TPSA) is 42.4 Å². The maximum Gasteiger partial charge on any atom is 0.263 e. The lowest BCUT2D eigenvalue weighted by molar-refractivity contribution is 0.0985. The molecule has 4 heteroatoms. The van der Waals surface area contributed by atoms with Gasteiger partial charge in [-0.05, 0) is 37.1 Å². The molecule has 0 atom stereocenters. The van der Waals surface area contributed by atoms with Gasteiger partial charge in [0, 0.05) is 18.4 Å². The highest BCUT2D eigenvalue weighted by molar-refractivity contribution is 6.08. The normalized spacial score (nSPS) is 13.2. The van der Waals surface area contributed by atoms with E-state index in [4.69, 9.17) is 4.74 Å². The lowest BCUT2D eigenvalue weighted by Crippen LogP contribution is -2.29. The zero-order valence-electron chi connectivity index (χ0n) is 11.4. The predicted molar refractivity (Wildman–Crippen MR) is 77.2 cm³/mol. The second kappa shape index (κ2) is 5.33. The minimum atomic E-state index is -0.0495. The van der Waals surface area contributed by atoms with Crippen molar-refractivity contribution in [1.29, 1.82) is 0 Å². The van der Waals surface area contributed by atoms with Crippen molar-refractivity contribution >= 4 is 11.6 Å². The molecule has 4 nitrogen and oxygen atoms in total. The molecule has 0 aliphatic carbocycles. The van der Waals surface area contributed by atoms with Crippen molar-refractivity contribution in [1.82, 2.24) is 4.98 Å². The number of pyridine rings is 1. The average molecular weight is 268 g/mol. The maximum absolute atomic E-state index is 12.7. The quantitative estimate of drug-likeness (QED) is 0.859. The molecule has 0 unspecified atom stereocenters. The van der Waals surface area contributed by atoms with Crippen LogP contribution in [0.15, 0.2) is 42.6 Å². The van der Waals surface area contributed by atoms with E-state index < -0.39 is 0 Å². The number of amides is 1. The van der Waals surface area contributed by atoms with Gasteiger partial charge in [0.15, 0.2) is 0 Å². The van der Waals surface area contributed by atoms with Gasteiger partial charge < -0.3 is 9.64 Å². The Morgan fingerprint density at radius 1 is 1.30 bits per heavy atom. The molecular formula is C16H16N2O2. The summed E-state index contributed by atoms with van der Waals surface area (Å²) in [5, 5.41) is 0. The number of fused-ring (bicyclic) bond motifs is 1. The smallest absolute Gasteiger partial charge is 0.263 e. The summed E-state index contributed by atoms with van der Waals surface area (Å²) in [5.41, 5.74) is 2.72. The first-order valence-corrected chi connectivity index (χ1v) is 6.79. The average Bonchev–Trinajstić information content (AvgIpc) is 2.91. The molecule has 1 aliphatic heterocycles. The minimum absolute atomic E-state index is 0.0495. The summed E-state index contributed by atoms with van der Waals surface area (Å²) in [6.45, 7) is 3.08. The molecule has 1 aromatic carbocycles. The van der Waals surface area contributed by atoms with E-state index in [0.717, 1.165) is 12.1 Å². The van der Waals surface area contributed by atoms with Gasteiger partial charge >= 0.3 is 0 Å². The summed E-state index contributed by atoms with van der Waals surface area (Å²) in [4.78, 5) is 18.7. The molecule has 0 saturated carbocycles. The molecule has 1 amide bonds. The highest BCUT2D eigenvalue weighted by Gasteiger charge is 2.27. The number of anilines is 1. The number of hydrogen-bond donors (Lipinski definition) is 0. The van der Waals surface area contributed by atoms with E-state index in [1.54, 1.807) is 23.2 Å². The summed E-state index contributed by atoms with van der Waals surface area (Å²) < 4.78 is 5.45. The van der Waals surface area contributed by atoms with Crippen molar-refractivity contribution in [3.63, 3.8) is 0 Å². The Morgan fingerprint density at radius 3 is 3.00 bits per heavy atom. The highest BCUT2D eigenvalue weighted by Crippen LogP contribution is 2.30. The van der Waals surface area contributed by atoms with Crippen molar-refractivity contribution in [3.8, 4) is 5.88 Å². The van der Waals surface area contributed by atoms with Crippen LogP contribution in [-0.4, -0.2) is 24.0 Å². The van der Waals surface area contributed by atoms with Crippen molar-refractivity contribution in [2.75, 3.05) is 18.1 Å². The lowest BCUT2D eigenvalue weighted by Gasteiger charge is -2.18. The van der Waals surface area contributed by atoms with Crippen molar-refractivity contribution in [2.24, 2.45) is 0 Å². The minimum Gasteiger partial charge on any atom is -0.477 e. The summed E-state index contributed by atoms with van der Waals surface area (Å²) >= 11 is 0. The number of rotatable bonds is 3. The van der Waals surface area contributed by atoms with Crippen LogP contribution in [0.3, 0.4) is 0 Å². The number of carbonyl (C=O) groups is 1. The summed E-state index contributed by atoms with van der Waals surface area (Å²) in [7, 11) is 0. The van der Waals surface area contributed by atoms with E-state index in [2.05, 4.69) is 11.1 Å². The molecule has 0 N–H and O–H groups in total. The first-order chi connectivity index (χ1) is 9.81. The van der Waals surface area contributed by atoms with Crippen LogP contribution in [0.4, 0.5) is 5.69 Å². The number of para-hydroxylation sites is 1. The first-order valence-electron chi connectivity index (χ1n) is 6.79. The molecular weight excluding hydrogens is 252 g/mol. The van der Waals surface area contributed by atoms with Crippen molar-refractivity contribution < 1.29 is 9.53 Å². The third kappa shape index (κ3) is 2.13. The molecule has 2 aromatic rings. The third-order valence-electron chi connectivity index (χ3n) is 3.41. The Kier molecular flexibility index (Phi) is 3.37. The zero-order valence-corrected chi connectivity index (χ0v) is 11.4. The van der Waals surface area contributed by atoms with E-state index in [9.17, 15) is 4.79 Å². The van der Waals surface area contributed by atoms with Crippen molar-refractivity contribution in [2.45, 2.75) is 13.3 Å². The SMILES string of the molecule is CCOc1ncccc1C(=O)N1CCc2ccccc21. The van der Waals surface area contributed by atoms with Crippen LogP contribution in [0, 0.1) is 0 Å².